The number of likely N-dealkylation sites (tertiary alicyclic amines) is 1. The van der Waals surface area contributed by atoms with E-state index >= 15 is 0 Å². The first-order valence-corrected chi connectivity index (χ1v) is 9.19. The second-order valence-electron chi connectivity index (χ2n) is 7.25. The molecular formula is C19H23ClN4O. The lowest BCUT2D eigenvalue weighted by atomic mass is 9.92. The van der Waals surface area contributed by atoms with Gasteiger partial charge in [0.15, 0.2) is 5.82 Å². The molecule has 1 aromatic carbocycles. The maximum Gasteiger partial charge on any atom is 0.151 e. The standard InChI is InChI=1S/C19H23ClN4O/c1-12-9-14(20)10-17(25)19(12)15-3-4-18(22-21-15)24-8-6-13-5-7-23(2)11-16(13)24/h3-4,9-10,13,16,25H,5-8,11H2,1-2H3. The Kier molecular flexibility index (Phi) is 4.29. The normalized spacial score (nSPS) is 23.7. The predicted molar refractivity (Wildman–Crippen MR) is 100 cm³/mol. The number of nitrogens with zero attached hydrogens (tertiary/aromatic N) is 4. The number of anilines is 1. The fourth-order valence-corrected chi connectivity index (χ4v) is 4.52. The van der Waals surface area contributed by atoms with Crippen molar-refractivity contribution < 1.29 is 5.11 Å². The Hall–Kier alpha value is -1.85. The number of rotatable bonds is 2. The molecule has 0 aliphatic carbocycles. The lowest BCUT2D eigenvalue weighted by Gasteiger charge is -2.36. The van der Waals surface area contributed by atoms with Crippen LogP contribution >= 0.6 is 11.6 Å². The molecule has 2 unspecified atom stereocenters. The van der Waals surface area contributed by atoms with Gasteiger partial charge in [-0.15, -0.1) is 10.2 Å². The van der Waals surface area contributed by atoms with E-state index in [0.717, 1.165) is 30.4 Å². The third-order valence-corrected chi connectivity index (χ3v) is 5.76. The summed E-state index contributed by atoms with van der Waals surface area (Å²) in [6.45, 7) is 5.24. The van der Waals surface area contributed by atoms with Gasteiger partial charge in [-0.05, 0) is 69.1 Å². The van der Waals surface area contributed by atoms with Crippen molar-refractivity contribution in [3.8, 4) is 17.0 Å². The van der Waals surface area contributed by atoms with Crippen molar-refractivity contribution in [3.63, 3.8) is 0 Å². The van der Waals surface area contributed by atoms with Gasteiger partial charge < -0.3 is 14.9 Å². The first-order chi connectivity index (χ1) is 12.0. The molecule has 0 amide bonds. The van der Waals surface area contributed by atoms with Crippen molar-refractivity contribution in [2.24, 2.45) is 5.92 Å². The van der Waals surface area contributed by atoms with Gasteiger partial charge in [0, 0.05) is 29.7 Å². The molecule has 132 valence electrons. The Bertz CT molecular complexity index is 756. The molecule has 0 saturated carbocycles. The van der Waals surface area contributed by atoms with Crippen LogP contribution in [0.25, 0.3) is 11.3 Å². The summed E-state index contributed by atoms with van der Waals surface area (Å²) in [4.78, 5) is 4.79. The minimum Gasteiger partial charge on any atom is -0.507 e. The van der Waals surface area contributed by atoms with E-state index in [9.17, 15) is 5.11 Å². The third-order valence-electron chi connectivity index (χ3n) is 5.55. The summed E-state index contributed by atoms with van der Waals surface area (Å²) in [5, 5.41) is 19.6. The van der Waals surface area contributed by atoms with Crippen molar-refractivity contribution in [1.82, 2.24) is 15.1 Å². The highest BCUT2D eigenvalue weighted by molar-refractivity contribution is 6.31. The van der Waals surface area contributed by atoms with Crippen LogP contribution in [-0.4, -0.2) is 52.9 Å². The monoisotopic (exact) mass is 358 g/mol. The number of aromatic hydroxyl groups is 1. The summed E-state index contributed by atoms with van der Waals surface area (Å²) < 4.78 is 0. The number of likely N-dealkylation sites (N-methyl/N-ethyl adjacent to an activating group) is 1. The average molecular weight is 359 g/mol. The summed E-state index contributed by atoms with van der Waals surface area (Å²) in [6, 6.07) is 7.87. The van der Waals surface area contributed by atoms with Crippen molar-refractivity contribution in [3.05, 3.63) is 34.9 Å². The molecule has 1 aromatic heterocycles. The van der Waals surface area contributed by atoms with Crippen LogP contribution in [0.4, 0.5) is 5.82 Å². The molecule has 6 heteroatoms. The van der Waals surface area contributed by atoms with Gasteiger partial charge in [-0.2, -0.15) is 0 Å². The number of hydrogen-bond acceptors (Lipinski definition) is 5. The number of halogens is 1. The maximum atomic E-state index is 10.2. The number of benzene rings is 1. The van der Waals surface area contributed by atoms with Crippen LogP contribution in [0.3, 0.4) is 0 Å². The van der Waals surface area contributed by atoms with E-state index in [1.165, 1.54) is 19.4 Å². The Morgan fingerprint density at radius 1 is 1.16 bits per heavy atom. The summed E-state index contributed by atoms with van der Waals surface area (Å²) in [7, 11) is 2.19. The van der Waals surface area contributed by atoms with Gasteiger partial charge >= 0.3 is 0 Å². The molecule has 5 nitrogen and oxygen atoms in total. The summed E-state index contributed by atoms with van der Waals surface area (Å²) in [5.74, 6) is 1.83. The summed E-state index contributed by atoms with van der Waals surface area (Å²) >= 11 is 5.99. The number of hydrogen-bond donors (Lipinski definition) is 1. The molecule has 2 atom stereocenters. The fourth-order valence-electron chi connectivity index (χ4n) is 4.25. The molecule has 2 saturated heterocycles. The van der Waals surface area contributed by atoms with Crippen LogP contribution in [0, 0.1) is 12.8 Å². The van der Waals surface area contributed by atoms with E-state index in [1.807, 2.05) is 25.1 Å². The first kappa shape index (κ1) is 16.6. The first-order valence-electron chi connectivity index (χ1n) is 8.81. The number of aromatic nitrogens is 2. The molecular weight excluding hydrogens is 336 g/mol. The number of phenols is 1. The lowest BCUT2D eigenvalue weighted by molar-refractivity contribution is 0.207. The minimum atomic E-state index is 0.141. The quantitative estimate of drug-likeness (QED) is 0.892. The van der Waals surface area contributed by atoms with Crippen LogP contribution in [-0.2, 0) is 0 Å². The van der Waals surface area contributed by atoms with Gasteiger partial charge in [-0.3, -0.25) is 0 Å². The summed E-state index contributed by atoms with van der Waals surface area (Å²) in [6.07, 6.45) is 2.50. The van der Waals surface area contributed by atoms with E-state index in [4.69, 9.17) is 11.6 Å². The Morgan fingerprint density at radius 3 is 2.68 bits per heavy atom. The highest BCUT2D eigenvalue weighted by Gasteiger charge is 2.38. The van der Waals surface area contributed by atoms with Crippen molar-refractivity contribution in [1.29, 1.82) is 0 Å². The zero-order valence-corrected chi connectivity index (χ0v) is 15.4. The van der Waals surface area contributed by atoms with Gasteiger partial charge in [0.05, 0.1) is 5.69 Å². The zero-order chi connectivity index (χ0) is 17.6. The molecule has 3 heterocycles. The van der Waals surface area contributed by atoms with Gasteiger partial charge in [0.2, 0.25) is 0 Å². The van der Waals surface area contributed by atoms with Crippen LogP contribution < -0.4 is 4.90 Å². The molecule has 2 aromatic rings. The number of piperidine rings is 1. The van der Waals surface area contributed by atoms with E-state index in [0.29, 0.717) is 22.3 Å². The van der Waals surface area contributed by atoms with Gasteiger partial charge in [-0.1, -0.05) is 11.6 Å². The van der Waals surface area contributed by atoms with Crippen LogP contribution in [0.5, 0.6) is 5.75 Å². The minimum absolute atomic E-state index is 0.141. The van der Waals surface area contributed by atoms with Crippen LogP contribution in [0.1, 0.15) is 18.4 Å². The highest BCUT2D eigenvalue weighted by Crippen LogP contribution is 2.36. The second kappa shape index (κ2) is 6.46. The lowest BCUT2D eigenvalue weighted by Crippen LogP contribution is -2.47. The fraction of sp³-hybridized carbons (Fsp3) is 0.474. The molecule has 1 N–H and O–H groups in total. The van der Waals surface area contributed by atoms with Crippen LogP contribution in [0.2, 0.25) is 5.02 Å². The maximum absolute atomic E-state index is 10.2. The SMILES string of the molecule is Cc1cc(Cl)cc(O)c1-c1ccc(N2CCC3CCN(C)CC32)nn1. The molecule has 2 fully saturated rings. The molecule has 0 spiro atoms. The highest BCUT2D eigenvalue weighted by atomic mass is 35.5. The molecule has 4 rings (SSSR count). The largest absolute Gasteiger partial charge is 0.507 e. The smallest absolute Gasteiger partial charge is 0.151 e. The summed E-state index contributed by atoms with van der Waals surface area (Å²) in [5.41, 5.74) is 2.26. The van der Waals surface area contributed by atoms with E-state index in [1.54, 1.807) is 6.07 Å². The molecule has 2 aliphatic heterocycles. The second-order valence-corrected chi connectivity index (χ2v) is 7.69. The van der Waals surface area contributed by atoms with Gasteiger partial charge in [0.25, 0.3) is 0 Å². The predicted octanol–water partition coefficient (Wildman–Crippen LogP) is 3.34. The molecule has 25 heavy (non-hydrogen) atoms. The topological polar surface area (TPSA) is 52.5 Å². The number of phenolic OH excluding ortho intramolecular Hbond substituents is 1. The third kappa shape index (κ3) is 3.07. The molecule has 0 bridgehead atoms. The Labute approximate surface area is 153 Å². The van der Waals surface area contributed by atoms with Gasteiger partial charge in [0.1, 0.15) is 5.75 Å². The van der Waals surface area contributed by atoms with E-state index < -0.39 is 0 Å². The number of fused-ring (bicyclic) bond motifs is 1. The molecule has 0 radical (unpaired) electrons. The number of aryl methyl sites for hydroxylation is 1. The average Bonchev–Trinajstić information content (AvgIpc) is 2.97. The van der Waals surface area contributed by atoms with Crippen molar-refractivity contribution in [2.75, 3.05) is 31.6 Å². The zero-order valence-electron chi connectivity index (χ0n) is 14.6. The Morgan fingerprint density at radius 2 is 1.96 bits per heavy atom. The molecule has 2 aliphatic rings. The van der Waals surface area contributed by atoms with E-state index in [2.05, 4.69) is 27.0 Å². The van der Waals surface area contributed by atoms with E-state index in [-0.39, 0.29) is 5.75 Å². The van der Waals surface area contributed by atoms with Gasteiger partial charge in [-0.25, -0.2) is 0 Å². The Balaban J connectivity index is 1.61. The van der Waals surface area contributed by atoms with Crippen LogP contribution in [0.15, 0.2) is 24.3 Å². The van der Waals surface area contributed by atoms with Crippen molar-refractivity contribution in [2.45, 2.75) is 25.8 Å². The van der Waals surface area contributed by atoms with Crippen molar-refractivity contribution >= 4 is 17.4 Å².